The van der Waals surface area contributed by atoms with Crippen LogP contribution < -0.4 is 5.32 Å². The minimum atomic E-state index is 0.396. The van der Waals surface area contributed by atoms with Crippen LogP contribution in [0.15, 0.2) is 59.1 Å². The molecule has 104 valence electrons. The summed E-state index contributed by atoms with van der Waals surface area (Å²) in [4.78, 5) is 0. The molecule has 1 aliphatic carbocycles. The van der Waals surface area contributed by atoms with E-state index in [0.717, 1.165) is 5.92 Å². The third-order valence-corrected chi connectivity index (χ3v) is 4.99. The van der Waals surface area contributed by atoms with Gasteiger partial charge in [0.15, 0.2) is 0 Å². The molecule has 1 fully saturated rings. The fraction of sp³-hybridized carbons (Fsp3) is 0.333. The third kappa shape index (κ3) is 2.97. The summed E-state index contributed by atoms with van der Waals surface area (Å²) in [7, 11) is 0. The molecule has 0 unspecified atom stereocenters. The molecule has 0 aromatic heterocycles. The van der Waals surface area contributed by atoms with Crippen LogP contribution in [0, 0.1) is 0 Å². The smallest absolute Gasteiger partial charge is 0.0305 e. The van der Waals surface area contributed by atoms with Crippen LogP contribution in [-0.4, -0.2) is 6.04 Å². The SMILES string of the molecule is C[C@@H](NC1CC(c2ccccc2)C1)c1ccccc1Br. The number of rotatable bonds is 4. The topological polar surface area (TPSA) is 12.0 Å². The average Bonchev–Trinajstić information content (AvgIpc) is 2.43. The number of hydrogen-bond acceptors (Lipinski definition) is 1. The highest BCUT2D eigenvalue weighted by atomic mass is 79.9. The molecule has 2 heteroatoms. The molecule has 1 N–H and O–H groups in total. The van der Waals surface area contributed by atoms with Crippen LogP contribution in [0.4, 0.5) is 0 Å². The van der Waals surface area contributed by atoms with Crippen LogP contribution in [0.5, 0.6) is 0 Å². The second-order valence-electron chi connectivity index (χ2n) is 5.69. The van der Waals surface area contributed by atoms with Crippen LogP contribution in [0.25, 0.3) is 0 Å². The second kappa shape index (κ2) is 6.11. The first-order valence-electron chi connectivity index (χ1n) is 7.29. The number of nitrogens with one attached hydrogen (secondary N) is 1. The van der Waals surface area contributed by atoms with E-state index in [4.69, 9.17) is 0 Å². The highest BCUT2D eigenvalue weighted by molar-refractivity contribution is 9.10. The third-order valence-electron chi connectivity index (χ3n) is 4.27. The van der Waals surface area contributed by atoms with Gasteiger partial charge in [0, 0.05) is 16.6 Å². The maximum Gasteiger partial charge on any atom is 0.0305 e. The highest BCUT2D eigenvalue weighted by Crippen LogP contribution is 2.38. The quantitative estimate of drug-likeness (QED) is 0.827. The van der Waals surface area contributed by atoms with Crippen molar-refractivity contribution in [1.29, 1.82) is 0 Å². The minimum Gasteiger partial charge on any atom is -0.307 e. The predicted octanol–water partition coefficient (Wildman–Crippen LogP) is 5.05. The molecule has 3 rings (SSSR count). The number of hydrogen-bond donors (Lipinski definition) is 1. The Balaban J connectivity index is 1.55. The van der Waals surface area contributed by atoms with E-state index in [1.165, 1.54) is 28.4 Å². The Kier molecular flexibility index (Phi) is 4.23. The molecule has 2 aromatic carbocycles. The van der Waals surface area contributed by atoms with Gasteiger partial charge in [-0.05, 0) is 42.9 Å². The van der Waals surface area contributed by atoms with Crippen molar-refractivity contribution in [2.75, 3.05) is 0 Å². The van der Waals surface area contributed by atoms with Gasteiger partial charge >= 0.3 is 0 Å². The Morgan fingerprint density at radius 3 is 2.35 bits per heavy atom. The Morgan fingerprint density at radius 2 is 1.65 bits per heavy atom. The van der Waals surface area contributed by atoms with Gasteiger partial charge in [-0.3, -0.25) is 0 Å². The molecule has 1 nitrogen and oxygen atoms in total. The first kappa shape index (κ1) is 13.8. The van der Waals surface area contributed by atoms with E-state index < -0.39 is 0 Å². The average molecular weight is 330 g/mol. The van der Waals surface area contributed by atoms with Crippen LogP contribution in [0.3, 0.4) is 0 Å². The van der Waals surface area contributed by atoms with Crippen molar-refractivity contribution >= 4 is 15.9 Å². The van der Waals surface area contributed by atoms with Crippen LogP contribution in [-0.2, 0) is 0 Å². The van der Waals surface area contributed by atoms with Crippen molar-refractivity contribution in [1.82, 2.24) is 5.32 Å². The van der Waals surface area contributed by atoms with Gasteiger partial charge in [0.05, 0.1) is 0 Å². The molecule has 20 heavy (non-hydrogen) atoms. The summed E-state index contributed by atoms with van der Waals surface area (Å²) in [5, 5.41) is 3.74. The van der Waals surface area contributed by atoms with Crippen LogP contribution in [0.2, 0.25) is 0 Å². The van der Waals surface area contributed by atoms with Gasteiger partial charge in [-0.2, -0.15) is 0 Å². The molecule has 0 radical (unpaired) electrons. The van der Waals surface area contributed by atoms with Gasteiger partial charge in [-0.1, -0.05) is 64.5 Å². The van der Waals surface area contributed by atoms with Gasteiger partial charge in [-0.25, -0.2) is 0 Å². The molecule has 0 heterocycles. The summed E-state index contributed by atoms with van der Waals surface area (Å²) in [6.45, 7) is 2.25. The van der Waals surface area contributed by atoms with Crippen molar-refractivity contribution in [3.63, 3.8) is 0 Å². The minimum absolute atomic E-state index is 0.396. The van der Waals surface area contributed by atoms with Crippen molar-refractivity contribution in [2.45, 2.75) is 37.8 Å². The lowest BCUT2D eigenvalue weighted by molar-refractivity contribution is 0.270. The standard InChI is InChI=1S/C18H20BrN/c1-13(17-9-5-6-10-18(17)19)20-16-11-15(12-16)14-7-3-2-4-8-14/h2-10,13,15-16,20H,11-12H2,1H3/t13-,15?,16?/m1/s1. The molecule has 0 bridgehead atoms. The zero-order valence-corrected chi connectivity index (χ0v) is 13.3. The monoisotopic (exact) mass is 329 g/mol. The zero-order chi connectivity index (χ0) is 13.9. The van der Waals surface area contributed by atoms with Crippen molar-refractivity contribution in [3.8, 4) is 0 Å². The van der Waals surface area contributed by atoms with E-state index in [9.17, 15) is 0 Å². The summed E-state index contributed by atoms with van der Waals surface area (Å²) in [6, 6.07) is 20.4. The molecule has 1 saturated carbocycles. The first-order valence-corrected chi connectivity index (χ1v) is 8.09. The van der Waals surface area contributed by atoms with Crippen LogP contribution >= 0.6 is 15.9 Å². The van der Waals surface area contributed by atoms with E-state index in [2.05, 4.69) is 82.8 Å². The van der Waals surface area contributed by atoms with Gasteiger partial charge in [0.1, 0.15) is 0 Å². The van der Waals surface area contributed by atoms with Gasteiger partial charge in [-0.15, -0.1) is 0 Å². The Bertz CT molecular complexity index is 561. The summed E-state index contributed by atoms with van der Waals surface area (Å²) in [5.74, 6) is 0.736. The van der Waals surface area contributed by atoms with E-state index in [-0.39, 0.29) is 0 Å². The highest BCUT2D eigenvalue weighted by Gasteiger charge is 2.31. The summed E-state index contributed by atoms with van der Waals surface area (Å²) < 4.78 is 1.19. The van der Waals surface area contributed by atoms with Crippen molar-refractivity contribution in [2.24, 2.45) is 0 Å². The van der Waals surface area contributed by atoms with E-state index in [1.54, 1.807) is 0 Å². The van der Waals surface area contributed by atoms with Crippen LogP contribution in [0.1, 0.15) is 42.9 Å². The molecule has 0 spiro atoms. The second-order valence-corrected chi connectivity index (χ2v) is 6.54. The molecule has 0 amide bonds. The summed E-state index contributed by atoms with van der Waals surface area (Å²) in [6.07, 6.45) is 2.50. The Labute approximate surface area is 129 Å². The molecular formula is C18H20BrN. The first-order chi connectivity index (χ1) is 9.74. The molecule has 0 aliphatic heterocycles. The normalized spacial score (nSPS) is 23.1. The number of benzene rings is 2. The maximum absolute atomic E-state index is 3.74. The molecule has 0 saturated heterocycles. The predicted molar refractivity (Wildman–Crippen MR) is 87.9 cm³/mol. The van der Waals surface area contributed by atoms with Gasteiger partial charge in [0.2, 0.25) is 0 Å². The Morgan fingerprint density at radius 1 is 1.00 bits per heavy atom. The fourth-order valence-corrected chi connectivity index (χ4v) is 3.65. The van der Waals surface area contributed by atoms with Crippen molar-refractivity contribution in [3.05, 3.63) is 70.2 Å². The van der Waals surface area contributed by atoms with Gasteiger partial charge in [0.25, 0.3) is 0 Å². The lowest BCUT2D eigenvalue weighted by atomic mass is 9.75. The summed E-state index contributed by atoms with van der Waals surface area (Å²) in [5.41, 5.74) is 2.83. The lowest BCUT2D eigenvalue weighted by Gasteiger charge is -2.38. The van der Waals surface area contributed by atoms with E-state index in [0.29, 0.717) is 12.1 Å². The zero-order valence-electron chi connectivity index (χ0n) is 11.7. The lowest BCUT2D eigenvalue weighted by Crippen LogP contribution is -2.41. The van der Waals surface area contributed by atoms with E-state index >= 15 is 0 Å². The maximum atomic E-state index is 3.74. The Hall–Kier alpha value is -1.12. The van der Waals surface area contributed by atoms with Crippen molar-refractivity contribution < 1.29 is 0 Å². The van der Waals surface area contributed by atoms with E-state index in [1.807, 2.05) is 0 Å². The molecule has 1 atom stereocenters. The molecule has 2 aromatic rings. The fourth-order valence-electron chi connectivity index (χ4n) is 3.02. The molecular weight excluding hydrogens is 310 g/mol. The number of halogens is 1. The van der Waals surface area contributed by atoms with Gasteiger partial charge < -0.3 is 5.32 Å². The summed E-state index contributed by atoms with van der Waals surface area (Å²) >= 11 is 3.64. The molecule has 1 aliphatic rings. The largest absolute Gasteiger partial charge is 0.307 e.